The summed E-state index contributed by atoms with van der Waals surface area (Å²) in [6.07, 6.45) is 5.65. The largest absolute Gasteiger partial charge is 0.372 e. The van der Waals surface area contributed by atoms with Gasteiger partial charge in [-0.2, -0.15) is 0 Å². The molecule has 0 saturated carbocycles. The molecule has 134 valence electrons. The van der Waals surface area contributed by atoms with Crippen molar-refractivity contribution in [2.24, 2.45) is 0 Å². The third-order valence-corrected chi connectivity index (χ3v) is 4.89. The van der Waals surface area contributed by atoms with E-state index in [1.807, 2.05) is 36.6 Å². The SMILES string of the molecule is Cc1nc(C)n2ccc(C(=O)Nc3ccc(N4CCCCC4)cc3)c2n1. The molecule has 1 aliphatic heterocycles. The highest BCUT2D eigenvalue weighted by Crippen LogP contribution is 2.22. The van der Waals surface area contributed by atoms with Crippen LogP contribution in [-0.4, -0.2) is 33.4 Å². The summed E-state index contributed by atoms with van der Waals surface area (Å²) in [5, 5.41) is 2.97. The van der Waals surface area contributed by atoms with E-state index in [9.17, 15) is 4.79 Å². The first-order valence-corrected chi connectivity index (χ1v) is 9.10. The van der Waals surface area contributed by atoms with E-state index >= 15 is 0 Å². The Bertz CT molecular complexity index is 939. The van der Waals surface area contributed by atoms with Gasteiger partial charge in [-0.1, -0.05) is 0 Å². The van der Waals surface area contributed by atoms with E-state index in [2.05, 4.69) is 32.3 Å². The highest BCUT2D eigenvalue weighted by molar-refractivity contribution is 6.08. The fourth-order valence-electron chi connectivity index (χ4n) is 3.55. The van der Waals surface area contributed by atoms with Crippen molar-refractivity contribution in [3.63, 3.8) is 0 Å². The Kier molecular flexibility index (Phi) is 4.32. The maximum Gasteiger partial charge on any atom is 0.259 e. The predicted molar refractivity (Wildman–Crippen MR) is 103 cm³/mol. The first-order valence-electron chi connectivity index (χ1n) is 9.10. The van der Waals surface area contributed by atoms with E-state index in [1.54, 1.807) is 6.07 Å². The summed E-state index contributed by atoms with van der Waals surface area (Å²) in [6.45, 7) is 5.96. The molecule has 26 heavy (non-hydrogen) atoms. The van der Waals surface area contributed by atoms with Crippen molar-refractivity contribution >= 4 is 22.9 Å². The molecular formula is C20H23N5O. The minimum Gasteiger partial charge on any atom is -0.372 e. The monoisotopic (exact) mass is 349 g/mol. The van der Waals surface area contributed by atoms with Crippen molar-refractivity contribution in [2.75, 3.05) is 23.3 Å². The Morgan fingerprint density at radius 1 is 1.00 bits per heavy atom. The lowest BCUT2D eigenvalue weighted by molar-refractivity contribution is 0.102. The highest BCUT2D eigenvalue weighted by atomic mass is 16.1. The van der Waals surface area contributed by atoms with Crippen LogP contribution in [0.5, 0.6) is 0 Å². The van der Waals surface area contributed by atoms with Gasteiger partial charge >= 0.3 is 0 Å². The summed E-state index contributed by atoms with van der Waals surface area (Å²) in [5.74, 6) is 1.32. The van der Waals surface area contributed by atoms with Crippen molar-refractivity contribution in [3.05, 3.63) is 53.7 Å². The molecule has 2 aromatic heterocycles. The summed E-state index contributed by atoms with van der Waals surface area (Å²) in [5.41, 5.74) is 3.20. The average Bonchev–Trinajstić information content (AvgIpc) is 3.07. The number of amides is 1. The van der Waals surface area contributed by atoms with Crippen LogP contribution < -0.4 is 10.2 Å². The van der Waals surface area contributed by atoms with Gasteiger partial charge in [0.05, 0.1) is 5.56 Å². The van der Waals surface area contributed by atoms with Crippen molar-refractivity contribution in [1.29, 1.82) is 0 Å². The number of aryl methyl sites for hydroxylation is 2. The number of nitrogens with one attached hydrogen (secondary N) is 1. The number of piperidine rings is 1. The summed E-state index contributed by atoms with van der Waals surface area (Å²) in [6, 6.07) is 9.87. The first kappa shape index (κ1) is 16.6. The molecule has 0 bridgehead atoms. The zero-order chi connectivity index (χ0) is 18.1. The quantitative estimate of drug-likeness (QED) is 0.785. The summed E-state index contributed by atoms with van der Waals surface area (Å²) in [7, 11) is 0. The molecule has 1 aliphatic rings. The number of carbonyl (C=O) groups excluding carboxylic acids is 1. The van der Waals surface area contributed by atoms with Crippen LogP contribution in [-0.2, 0) is 0 Å². The number of fused-ring (bicyclic) bond motifs is 1. The van der Waals surface area contributed by atoms with Gasteiger partial charge < -0.3 is 10.2 Å². The van der Waals surface area contributed by atoms with Gasteiger partial charge in [0.25, 0.3) is 5.91 Å². The number of hydrogen-bond donors (Lipinski definition) is 1. The lowest BCUT2D eigenvalue weighted by Crippen LogP contribution is -2.29. The van der Waals surface area contributed by atoms with Crippen LogP contribution in [0.3, 0.4) is 0 Å². The number of benzene rings is 1. The van der Waals surface area contributed by atoms with E-state index in [0.717, 1.165) is 24.6 Å². The molecule has 6 nitrogen and oxygen atoms in total. The number of nitrogens with zero attached hydrogens (tertiary/aromatic N) is 4. The summed E-state index contributed by atoms with van der Waals surface area (Å²) in [4.78, 5) is 23.9. The smallest absolute Gasteiger partial charge is 0.259 e. The zero-order valence-electron chi connectivity index (χ0n) is 15.2. The summed E-state index contributed by atoms with van der Waals surface area (Å²) < 4.78 is 1.83. The predicted octanol–water partition coefficient (Wildman–Crippen LogP) is 3.59. The third kappa shape index (κ3) is 3.14. The number of aromatic nitrogens is 3. The van der Waals surface area contributed by atoms with E-state index in [1.165, 1.54) is 24.9 Å². The Balaban J connectivity index is 1.53. The Morgan fingerprint density at radius 2 is 1.73 bits per heavy atom. The van der Waals surface area contributed by atoms with Crippen LogP contribution >= 0.6 is 0 Å². The fraction of sp³-hybridized carbons (Fsp3) is 0.350. The summed E-state index contributed by atoms with van der Waals surface area (Å²) >= 11 is 0. The van der Waals surface area contributed by atoms with E-state index in [4.69, 9.17) is 0 Å². The van der Waals surface area contributed by atoms with E-state index in [0.29, 0.717) is 17.0 Å². The highest BCUT2D eigenvalue weighted by Gasteiger charge is 2.15. The van der Waals surface area contributed by atoms with Gasteiger partial charge in [-0.25, -0.2) is 9.97 Å². The molecule has 0 radical (unpaired) electrons. The number of hydrogen-bond acceptors (Lipinski definition) is 4. The maximum atomic E-state index is 12.7. The van der Waals surface area contributed by atoms with Crippen molar-refractivity contribution in [2.45, 2.75) is 33.1 Å². The number of anilines is 2. The molecule has 4 rings (SSSR count). The van der Waals surface area contributed by atoms with Crippen LogP contribution in [0.15, 0.2) is 36.5 Å². The minimum atomic E-state index is -0.157. The van der Waals surface area contributed by atoms with Gasteiger partial charge in [-0.3, -0.25) is 9.20 Å². The molecule has 1 fully saturated rings. The maximum absolute atomic E-state index is 12.7. The van der Waals surface area contributed by atoms with Crippen LogP contribution in [0.2, 0.25) is 0 Å². The molecule has 3 heterocycles. The zero-order valence-corrected chi connectivity index (χ0v) is 15.2. The molecule has 0 aliphatic carbocycles. The van der Waals surface area contributed by atoms with Crippen molar-refractivity contribution in [3.8, 4) is 0 Å². The molecule has 1 amide bonds. The molecule has 0 atom stereocenters. The van der Waals surface area contributed by atoms with Crippen LogP contribution in [0.1, 0.15) is 41.3 Å². The Labute approximate surface area is 152 Å². The van der Waals surface area contributed by atoms with Crippen molar-refractivity contribution in [1.82, 2.24) is 14.4 Å². The standard InChI is InChI=1S/C20H23N5O/c1-14-21-15(2)25-13-10-18(19(25)22-14)20(26)23-16-6-8-17(9-7-16)24-11-4-3-5-12-24/h6-10,13H,3-5,11-12H2,1-2H3,(H,23,26). The average molecular weight is 349 g/mol. The van der Waals surface area contributed by atoms with Gasteiger partial charge in [0.1, 0.15) is 11.6 Å². The molecular weight excluding hydrogens is 326 g/mol. The second-order valence-electron chi connectivity index (χ2n) is 6.79. The molecule has 1 N–H and O–H groups in total. The van der Waals surface area contributed by atoms with Gasteiger partial charge in [0.15, 0.2) is 5.65 Å². The second-order valence-corrected chi connectivity index (χ2v) is 6.79. The van der Waals surface area contributed by atoms with Gasteiger partial charge in [-0.05, 0) is 63.4 Å². The van der Waals surface area contributed by atoms with E-state index in [-0.39, 0.29) is 5.91 Å². The molecule has 1 aromatic carbocycles. The molecule has 1 saturated heterocycles. The van der Waals surface area contributed by atoms with Gasteiger partial charge in [0.2, 0.25) is 0 Å². The lowest BCUT2D eigenvalue weighted by atomic mass is 10.1. The fourth-order valence-corrected chi connectivity index (χ4v) is 3.55. The molecule has 0 unspecified atom stereocenters. The Hall–Kier alpha value is -2.89. The first-order chi connectivity index (χ1) is 12.6. The van der Waals surface area contributed by atoms with Crippen LogP contribution in [0.25, 0.3) is 5.65 Å². The number of carbonyl (C=O) groups is 1. The Morgan fingerprint density at radius 3 is 2.46 bits per heavy atom. The lowest BCUT2D eigenvalue weighted by Gasteiger charge is -2.28. The van der Waals surface area contributed by atoms with E-state index < -0.39 is 0 Å². The molecule has 3 aromatic rings. The van der Waals surface area contributed by atoms with Gasteiger partial charge in [0, 0.05) is 30.7 Å². The van der Waals surface area contributed by atoms with Crippen LogP contribution in [0.4, 0.5) is 11.4 Å². The number of rotatable bonds is 3. The molecule has 6 heteroatoms. The minimum absolute atomic E-state index is 0.157. The van der Waals surface area contributed by atoms with Crippen LogP contribution in [0, 0.1) is 13.8 Å². The molecule has 0 spiro atoms. The topological polar surface area (TPSA) is 62.5 Å². The second kappa shape index (κ2) is 6.78. The van der Waals surface area contributed by atoms with Gasteiger partial charge in [-0.15, -0.1) is 0 Å². The normalized spacial score (nSPS) is 14.6. The van der Waals surface area contributed by atoms with Crippen molar-refractivity contribution < 1.29 is 4.79 Å². The third-order valence-electron chi connectivity index (χ3n) is 4.89.